The number of hydrogen-bond donors (Lipinski definition) is 2. The highest BCUT2D eigenvalue weighted by molar-refractivity contribution is 7.98. The van der Waals surface area contributed by atoms with Gasteiger partial charge in [0.15, 0.2) is 5.82 Å². The smallest absolute Gasteiger partial charge is 0.158 e. The molecule has 1 unspecified atom stereocenters. The first-order chi connectivity index (χ1) is 8.69. The number of nitrogens with zero attached hydrogens (tertiary/aromatic N) is 2. The van der Waals surface area contributed by atoms with E-state index < -0.39 is 0 Å². The zero-order valence-electron chi connectivity index (χ0n) is 11.5. The molecular weight excluding hydrogens is 248 g/mol. The summed E-state index contributed by atoms with van der Waals surface area (Å²) in [7, 11) is 3.49. The number of anilines is 2. The highest BCUT2D eigenvalue weighted by atomic mass is 32.2. The minimum absolute atomic E-state index is 0.396. The van der Waals surface area contributed by atoms with E-state index in [-0.39, 0.29) is 0 Å². The van der Waals surface area contributed by atoms with Gasteiger partial charge in [0.25, 0.3) is 0 Å². The van der Waals surface area contributed by atoms with Gasteiger partial charge >= 0.3 is 0 Å². The number of thioether (sulfide) groups is 1. The zero-order valence-corrected chi connectivity index (χ0v) is 12.3. The van der Waals surface area contributed by atoms with E-state index in [1.54, 1.807) is 7.11 Å². The van der Waals surface area contributed by atoms with Gasteiger partial charge < -0.3 is 15.4 Å². The molecule has 1 rings (SSSR count). The summed E-state index contributed by atoms with van der Waals surface area (Å²) in [6, 6.07) is 2.31. The van der Waals surface area contributed by atoms with E-state index in [2.05, 4.69) is 33.8 Å². The van der Waals surface area contributed by atoms with Crippen molar-refractivity contribution in [2.75, 3.05) is 36.8 Å². The third-order valence-electron chi connectivity index (χ3n) is 2.45. The summed E-state index contributed by atoms with van der Waals surface area (Å²) >= 11 is 1.85. The Morgan fingerprint density at radius 2 is 2.11 bits per heavy atom. The molecule has 0 aliphatic carbocycles. The summed E-state index contributed by atoms with van der Waals surface area (Å²) < 4.78 is 5.07. The third-order valence-corrected chi connectivity index (χ3v) is 3.10. The largest absolute Gasteiger partial charge is 0.377 e. The minimum atomic E-state index is 0.396. The normalized spacial score (nSPS) is 12.2. The highest BCUT2D eigenvalue weighted by Crippen LogP contribution is 2.14. The molecule has 0 saturated heterocycles. The van der Waals surface area contributed by atoms with Crippen LogP contribution in [0.25, 0.3) is 0 Å². The molecule has 5 nitrogen and oxygen atoms in total. The standard InChI is InChI=1S/C12H22N4OS/c1-9(5-6-18-4)14-11-7-10(13-2)15-12(16-11)8-17-3/h7,9H,5-6,8H2,1-4H3,(H2,13,14,15,16). The first-order valence-electron chi connectivity index (χ1n) is 5.99. The maximum atomic E-state index is 5.07. The van der Waals surface area contributed by atoms with Crippen LogP contribution in [0.3, 0.4) is 0 Å². The van der Waals surface area contributed by atoms with Crippen LogP contribution in [0, 0.1) is 0 Å². The summed E-state index contributed by atoms with van der Waals surface area (Å²) in [4.78, 5) is 8.74. The van der Waals surface area contributed by atoms with Gasteiger partial charge in [0.1, 0.15) is 18.2 Å². The van der Waals surface area contributed by atoms with Crippen LogP contribution in [0.1, 0.15) is 19.2 Å². The van der Waals surface area contributed by atoms with Crippen LogP contribution in [0.15, 0.2) is 6.07 Å². The van der Waals surface area contributed by atoms with Crippen molar-refractivity contribution in [3.63, 3.8) is 0 Å². The van der Waals surface area contributed by atoms with Crippen LogP contribution in [-0.2, 0) is 11.3 Å². The Morgan fingerprint density at radius 1 is 1.39 bits per heavy atom. The van der Waals surface area contributed by atoms with Crippen LogP contribution < -0.4 is 10.6 Å². The Bertz CT molecular complexity index is 362. The van der Waals surface area contributed by atoms with Gasteiger partial charge in [-0.05, 0) is 25.4 Å². The fourth-order valence-electron chi connectivity index (χ4n) is 1.51. The van der Waals surface area contributed by atoms with Gasteiger partial charge in [-0.25, -0.2) is 9.97 Å². The van der Waals surface area contributed by atoms with Gasteiger partial charge in [-0.1, -0.05) is 0 Å². The topological polar surface area (TPSA) is 59.1 Å². The van der Waals surface area contributed by atoms with Crippen molar-refractivity contribution >= 4 is 23.4 Å². The van der Waals surface area contributed by atoms with Crippen LogP contribution in [-0.4, -0.2) is 42.2 Å². The third kappa shape index (κ3) is 5.10. The second kappa shape index (κ2) is 8.16. The number of hydrogen-bond acceptors (Lipinski definition) is 6. The highest BCUT2D eigenvalue weighted by Gasteiger charge is 2.07. The summed E-state index contributed by atoms with van der Waals surface area (Å²) in [5.41, 5.74) is 0. The molecule has 0 aromatic carbocycles. The number of aromatic nitrogens is 2. The Labute approximate surface area is 113 Å². The molecule has 18 heavy (non-hydrogen) atoms. The van der Waals surface area contributed by atoms with Crippen LogP contribution in [0.5, 0.6) is 0 Å². The van der Waals surface area contributed by atoms with E-state index in [9.17, 15) is 0 Å². The molecule has 1 aromatic heterocycles. The van der Waals surface area contributed by atoms with Crippen molar-refractivity contribution in [1.29, 1.82) is 0 Å². The van der Waals surface area contributed by atoms with E-state index >= 15 is 0 Å². The molecular formula is C12H22N4OS. The van der Waals surface area contributed by atoms with Crippen molar-refractivity contribution in [2.24, 2.45) is 0 Å². The number of ether oxygens (including phenoxy) is 1. The second-order valence-electron chi connectivity index (χ2n) is 4.06. The predicted octanol–water partition coefficient (Wildman–Crippen LogP) is 2.22. The SMILES string of the molecule is CNc1cc(NC(C)CCSC)nc(COC)n1. The van der Waals surface area contributed by atoms with E-state index in [1.165, 1.54) is 0 Å². The Balaban J connectivity index is 2.71. The van der Waals surface area contributed by atoms with Crippen LogP contribution in [0.2, 0.25) is 0 Å². The molecule has 0 saturated carbocycles. The first kappa shape index (κ1) is 15.0. The Hall–Kier alpha value is -1.01. The molecule has 0 fully saturated rings. The summed E-state index contributed by atoms with van der Waals surface area (Å²) in [6.07, 6.45) is 3.23. The number of nitrogens with one attached hydrogen (secondary N) is 2. The fraction of sp³-hybridized carbons (Fsp3) is 0.667. The van der Waals surface area contributed by atoms with Crippen molar-refractivity contribution in [1.82, 2.24) is 9.97 Å². The summed E-state index contributed by atoms with van der Waals surface area (Å²) in [6.45, 7) is 2.58. The van der Waals surface area contributed by atoms with E-state index in [0.717, 1.165) is 23.8 Å². The van der Waals surface area contributed by atoms with Gasteiger partial charge in [-0.15, -0.1) is 0 Å². The van der Waals surface area contributed by atoms with E-state index in [0.29, 0.717) is 18.5 Å². The quantitative estimate of drug-likeness (QED) is 0.755. The molecule has 6 heteroatoms. The molecule has 1 aromatic rings. The molecule has 1 atom stereocenters. The lowest BCUT2D eigenvalue weighted by Crippen LogP contribution is -2.18. The lowest BCUT2D eigenvalue weighted by Gasteiger charge is -2.15. The Kier molecular flexibility index (Phi) is 6.82. The van der Waals surface area contributed by atoms with Gasteiger partial charge in [0.05, 0.1) is 0 Å². The zero-order chi connectivity index (χ0) is 13.4. The maximum absolute atomic E-state index is 5.07. The predicted molar refractivity (Wildman–Crippen MR) is 78.4 cm³/mol. The molecule has 0 bridgehead atoms. The first-order valence-corrected chi connectivity index (χ1v) is 7.39. The van der Waals surface area contributed by atoms with Crippen molar-refractivity contribution < 1.29 is 4.74 Å². The molecule has 1 heterocycles. The minimum Gasteiger partial charge on any atom is -0.377 e. The van der Waals surface area contributed by atoms with Crippen molar-refractivity contribution in [3.8, 4) is 0 Å². The van der Waals surface area contributed by atoms with E-state index in [4.69, 9.17) is 4.74 Å². The lowest BCUT2D eigenvalue weighted by atomic mass is 10.2. The number of methoxy groups -OCH3 is 1. The Morgan fingerprint density at radius 3 is 2.72 bits per heavy atom. The fourth-order valence-corrected chi connectivity index (χ4v) is 2.10. The second-order valence-corrected chi connectivity index (χ2v) is 5.05. The van der Waals surface area contributed by atoms with Gasteiger partial charge in [-0.2, -0.15) is 11.8 Å². The van der Waals surface area contributed by atoms with Crippen molar-refractivity contribution in [2.45, 2.75) is 26.0 Å². The summed E-state index contributed by atoms with van der Waals surface area (Å²) in [5.74, 6) is 3.47. The molecule has 0 aliphatic rings. The van der Waals surface area contributed by atoms with Crippen LogP contribution in [0.4, 0.5) is 11.6 Å². The van der Waals surface area contributed by atoms with Gasteiger partial charge in [0, 0.05) is 26.3 Å². The molecule has 2 N–H and O–H groups in total. The van der Waals surface area contributed by atoms with Crippen LogP contribution >= 0.6 is 11.8 Å². The van der Waals surface area contributed by atoms with E-state index in [1.807, 2.05) is 24.9 Å². The molecule has 0 spiro atoms. The van der Waals surface area contributed by atoms with Gasteiger partial charge in [0.2, 0.25) is 0 Å². The van der Waals surface area contributed by atoms with Gasteiger partial charge in [-0.3, -0.25) is 0 Å². The monoisotopic (exact) mass is 270 g/mol. The summed E-state index contributed by atoms with van der Waals surface area (Å²) in [5, 5.41) is 6.42. The molecule has 0 amide bonds. The molecule has 102 valence electrons. The molecule has 0 aliphatic heterocycles. The molecule has 0 radical (unpaired) electrons. The number of rotatable bonds is 8. The lowest BCUT2D eigenvalue weighted by molar-refractivity contribution is 0.178. The maximum Gasteiger partial charge on any atom is 0.158 e. The average molecular weight is 270 g/mol. The van der Waals surface area contributed by atoms with Crippen molar-refractivity contribution in [3.05, 3.63) is 11.9 Å². The average Bonchev–Trinajstić information content (AvgIpc) is 2.36.